The Hall–Kier alpha value is -1.58. The van der Waals surface area contributed by atoms with Gasteiger partial charge in [-0.1, -0.05) is 0 Å². The minimum Gasteiger partial charge on any atom is -0.496 e. The second-order valence-corrected chi connectivity index (χ2v) is 2.58. The molecule has 0 unspecified atom stereocenters. The summed E-state index contributed by atoms with van der Waals surface area (Å²) in [5.74, 6) is -0.123. The standard InChI is InChI=1S/C9H11NO3/c1-13-8-4-5-10-6-7(8)2-3-9(11)12/h4-6H,2-3H2,1H3,(H,11,12). The first-order valence-corrected chi connectivity index (χ1v) is 3.92. The summed E-state index contributed by atoms with van der Waals surface area (Å²) in [5.41, 5.74) is 0.826. The van der Waals surface area contributed by atoms with Gasteiger partial charge < -0.3 is 9.84 Å². The average Bonchev–Trinajstić information content (AvgIpc) is 2.15. The molecule has 0 fully saturated rings. The Bertz CT molecular complexity index is 299. The summed E-state index contributed by atoms with van der Waals surface area (Å²) >= 11 is 0. The van der Waals surface area contributed by atoms with Crippen LogP contribution < -0.4 is 4.74 Å². The molecule has 4 heteroatoms. The van der Waals surface area contributed by atoms with Crippen LogP contribution >= 0.6 is 0 Å². The van der Waals surface area contributed by atoms with Crippen molar-refractivity contribution in [1.29, 1.82) is 0 Å². The van der Waals surface area contributed by atoms with Gasteiger partial charge in [-0.05, 0) is 12.5 Å². The molecule has 1 aromatic rings. The van der Waals surface area contributed by atoms with Gasteiger partial charge in [0.1, 0.15) is 5.75 Å². The number of nitrogens with zero attached hydrogens (tertiary/aromatic N) is 1. The Morgan fingerprint density at radius 3 is 3.08 bits per heavy atom. The number of carboxylic acids is 1. The van der Waals surface area contributed by atoms with Crippen molar-refractivity contribution in [1.82, 2.24) is 4.98 Å². The van der Waals surface area contributed by atoms with E-state index in [1.807, 2.05) is 0 Å². The van der Waals surface area contributed by atoms with Crippen molar-refractivity contribution in [3.63, 3.8) is 0 Å². The molecule has 0 aliphatic heterocycles. The zero-order chi connectivity index (χ0) is 9.68. The summed E-state index contributed by atoms with van der Waals surface area (Å²) in [4.78, 5) is 14.2. The summed E-state index contributed by atoms with van der Waals surface area (Å²) in [6, 6.07) is 1.72. The summed E-state index contributed by atoms with van der Waals surface area (Å²) in [5, 5.41) is 8.48. The predicted octanol–water partition coefficient (Wildman–Crippen LogP) is 1.11. The van der Waals surface area contributed by atoms with Gasteiger partial charge in [0.15, 0.2) is 0 Å². The molecule has 0 amide bonds. The van der Waals surface area contributed by atoms with E-state index in [0.29, 0.717) is 12.2 Å². The Labute approximate surface area is 76.2 Å². The van der Waals surface area contributed by atoms with Crippen LogP contribution in [-0.2, 0) is 11.2 Å². The third-order valence-corrected chi connectivity index (χ3v) is 1.69. The van der Waals surface area contributed by atoms with Gasteiger partial charge >= 0.3 is 5.97 Å². The Morgan fingerprint density at radius 2 is 2.46 bits per heavy atom. The fourth-order valence-corrected chi connectivity index (χ4v) is 1.04. The number of carbonyl (C=O) groups is 1. The number of ether oxygens (including phenoxy) is 1. The Balaban J connectivity index is 2.69. The highest BCUT2D eigenvalue weighted by atomic mass is 16.5. The van der Waals surface area contributed by atoms with Gasteiger partial charge in [-0.2, -0.15) is 0 Å². The zero-order valence-corrected chi connectivity index (χ0v) is 7.36. The molecule has 1 rings (SSSR count). The highest BCUT2D eigenvalue weighted by Crippen LogP contribution is 2.17. The predicted molar refractivity (Wildman–Crippen MR) is 46.7 cm³/mol. The quantitative estimate of drug-likeness (QED) is 0.755. The van der Waals surface area contributed by atoms with Crippen LogP contribution in [0.25, 0.3) is 0 Å². The number of aryl methyl sites for hydroxylation is 1. The van der Waals surface area contributed by atoms with E-state index < -0.39 is 5.97 Å². The molecule has 13 heavy (non-hydrogen) atoms. The number of hydrogen-bond donors (Lipinski definition) is 1. The molecule has 0 bridgehead atoms. The van der Waals surface area contributed by atoms with Crippen LogP contribution in [-0.4, -0.2) is 23.2 Å². The molecule has 0 saturated heterocycles. The van der Waals surface area contributed by atoms with Crippen LogP contribution in [0, 0.1) is 0 Å². The second kappa shape index (κ2) is 4.45. The lowest BCUT2D eigenvalue weighted by Crippen LogP contribution is -1.99. The van der Waals surface area contributed by atoms with E-state index >= 15 is 0 Å². The third kappa shape index (κ3) is 2.74. The molecule has 0 saturated carbocycles. The van der Waals surface area contributed by atoms with E-state index in [2.05, 4.69) is 4.98 Å². The van der Waals surface area contributed by atoms with E-state index in [9.17, 15) is 4.79 Å². The fraction of sp³-hybridized carbons (Fsp3) is 0.333. The van der Waals surface area contributed by atoms with Crippen molar-refractivity contribution in [2.45, 2.75) is 12.8 Å². The van der Waals surface area contributed by atoms with Crippen molar-refractivity contribution in [2.24, 2.45) is 0 Å². The minimum absolute atomic E-state index is 0.0993. The van der Waals surface area contributed by atoms with Gasteiger partial charge in [0.2, 0.25) is 0 Å². The second-order valence-electron chi connectivity index (χ2n) is 2.58. The minimum atomic E-state index is -0.814. The topological polar surface area (TPSA) is 59.4 Å². The van der Waals surface area contributed by atoms with Gasteiger partial charge in [-0.15, -0.1) is 0 Å². The Kier molecular flexibility index (Phi) is 3.25. The van der Waals surface area contributed by atoms with E-state index in [1.165, 1.54) is 0 Å². The van der Waals surface area contributed by atoms with E-state index in [1.54, 1.807) is 25.6 Å². The molecule has 70 valence electrons. The van der Waals surface area contributed by atoms with Crippen LogP contribution in [0.15, 0.2) is 18.5 Å². The molecule has 0 aliphatic carbocycles. The summed E-state index contributed by atoms with van der Waals surface area (Å²) in [6.07, 6.45) is 3.79. The van der Waals surface area contributed by atoms with Crippen molar-refractivity contribution in [3.8, 4) is 5.75 Å². The fourth-order valence-electron chi connectivity index (χ4n) is 1.04. The smallest absolute Gasteiger partial charge is 0.303 e. The van der Waals surface area contributed by atoms with Crippen molar-refractivity contribution >= 4 is 5.97 Å². The first-order chi connectivity index (χ1) is 6.24. The van der Waals surface area contributed by atoms with Crippen LogP contribution in [0.4, 0.5) is 0 Å². The third-order valence-electron chi connectivity index (χ3n) is 1.69. The van der Waals surface area contributed by atoms with Crippen molar-refractivity contribution < 1.29 is 14.6 Å². The van der Waals surface area contributed by atoms with Gasteiger partial charge in [0.05, 0.1) is 7.11 Å². The maximum atomic E-state index is 10.3. The van der Waals surface area contributed by atoms with Gasteiger partial charge in [-0.25, -0.2) is 0 Å². The highest BCUT2D eigenvalue weighted by molar-refractivity contribution is 5.67. The first-order valence-electron chi connectivity index (χ1n) is 3.92. The molecule has 0 spiro atoms. The molecular formula is C9H11NO3. The van der Waals surface area contributed by atoms with Gasteiger partial charge in [0.25, 0.3) is 0 Å². The molecule has 1 heterocycles. The molecule has 4 nitrogen and oxygen atoms in total. The van der Waals surface area contributed by atoms with Gasteiger partial charge in [0, 0.05) is 24.4 Å². The molecule has 0 aromatic carbocycles. The largest absolute Gasteiger partial charge is 0.496 e. The number of aromatic nitrogens is 1. The van der Waals surface area contributed by atoms with Crippen LogP contribution in [0.2, 0.25) is 0 Å². The maximum absolute atomic E-state index is 10.3. The summed E-state index contributed by atoms with van der Waals surface area (Å²) < 4.78 is 5.04. The van der Waals surface area contributed by atoms with E-state index in [0.717, 1.165) is 5.56 Å². The molecule has 0 atom stereocenters. The highest BCUT2D eigenvalue weighted by Gasteiger charge is 2.04. The monoisotopic (exact) mass is 181 g/mol. The number of rotatable bonds is 4. The lowest BCUT2D eigenvalue weighted by atomic mass is 10.1. The van der Waals surface area contributed by atoms with E-state index in [4.69, 9.17) is 9.84 Å². The average molecular weight is 181 g/mol. The Morgan fingerprint density at radius 1 is 1.69 bits per heavy atom. The van der Waals surface area contributed by atoms with E-state index in [-0.39, 0.29) is 6.42 Å². The number of hydrogen-bond acceptors (Lipinski definition) is 3. The van der Waals surface area contributed by atoms with Gasteiger partial charge in [-0.3, -0.25) is 9.78 Å². The molecule has 0 aliphatic rings. The number of pyridine rings is 1. The first kappa shape index (κ1) is 9.51. The van der Waals surface area contributed by atoms with Crippen LogP contribution in [0.5, 0.6) is 5.75 Å². The SMILES string of the molecule is COc1ccncc1CCC(=O)O. The summed E-state index contributed by atoms with van der Waals surface area (Å²) in [6.45, 7) is 0. The number of carboxylic acid groups (broad SMARTS) is 1. The van der Waals surface area contributed by atoms with Crippen LogP contribution in [0.3, 0.4) is 0 Å². The van der Waals surface area contributed by atoms with Crippen molar-refractivity contribution in [2.75, 3.05) is 7.11 Å². The maximum Gasteiger partial charge on any atom is 0.303 e. The normalized spacial score (nSPS) is 9.62. The molecular weight excluding hydrogens is 170 g/mol. The molecule has 0 radical (unpaired) electrons. The molecule has 1 aromatic heterocycles. The lowest BCUT2D eigenvalue weighted by Gasteiger charge is -2.05. The number of methoxy groups -OCH3 is 1. The molecule has 1 N–H and O–H groups in total. The zero-order valence-electron chi connectivity index (χ0n) is 7.36. The summed E-state index contributed by atoms with van der Waals surface area (Å²) in [7, 11) is 1.56. The number of aliphatic carboxylic acids is 1. The van der Waals surface area contributed by atoms with Crippen LogP contribution in [0.1, 0.15) is 12.0 Å². The van der Waals surface area contributed by atoms with Crippen molar-refractivity contribution in [3.05, 3.63) is 24.0 Å². The lowest BCUT2D eigenvalue weighted by molar-refractivity contribution is -0.136.